The van der Waals surface area contributed by atoms with Gasteiger partial charge in [0.1, 0.15) is 6.04 Å². The van der Waals surface area contributed by atoms with Crippen molar-refractivity contribution >= 4 is 11.9 Å². The van der Waals surface area contributed by atoms with Crippen LogP contribution in [0.5, 0.6) is 0 Å². The highest BCUT2D eigenvalue weighted by molar-refractivity contribution is 5.86. The molecule has 0 spiro atoms. The molecule has 104 valence electrons. The van der Waals surface area contributed by atoms with Gasteiger partial charge in [0.15, 0.2) is 0 Å². The van der Waals surface area contributed by atoms with Gasteiger partial charge in [0.05, 0.1) is 0 Å². The molecular formula is C14H21N3O2. The van der Waals surface area contributed by atoms with Crippen LogP contribution in [-0.4, -0.2) is 24.0 Å². The lowest BCUT2D eigenvalue weighted by Gasteiger charge is -2.16. The summed E-state index contributed by atoms with van der Waals surface area (Å²) in [5.41, 5.74) is 1.02. The minimum Gasteiger partial charge on any atom is -0.350 e. The number of urea groups is 1. The first kappa shape index (κ1) is 15.0. The molecule has 0 aromatic heterocycles. The average molecular weight is 263 g/mol. The predicted octanol–water partition coefficient (Wildman–Crippen LogP) is 1.40. The highest BCUT2D eigenvalue weighted by Crippen LogP contribution is 1.97. The van der Waals surface area contributed by atoms with Crippen molar-refractivity contribution < 1.29 is 9.59 Å². The molecular weight excluding hydrogens is 242 g/mol. The number of hydrogen-bond acceptors (Lipinski definition) is 2. The fourth-order valence-electron chi connectivity index (χ4n) is 1.50. The Balaban J connectivity index is 2.35. The SMILES string of the molecule is CC(C)NC(=O)NC(C)C(=O)NCc1ccccc1. The van der Waals surface area contributed by atoms with Crippen LogP contribution in [0.3, 0.4) is 0 Å². The molecule has 5 nitrogen and oxygen atoms in total. The maximum absolute atomic E-state index is 11.8. The molecule has 1 atom stereocenters. The van der Waals surface area contributed by atoms with Gasteiger partial charge < -0.3 is 16.0 Å². The smallest absolute Gasteiger partial charge is 0.315 e. The lowest BCUT2D eigenvalue weighted by atomic mass is 10.2. The molecule has 19 heavy (non-hydrogen) atoms. The van der Waals surface area contributed by atoms with E-state index in [1.807, 2.05) is 44.2 Å². The van der Waals surface area contributed by atoms with E-state index >= 15 is 0 Å². The van der Waals surface area contributed by atoms with Crippen molar-refractivity contribution in [1.82, 2.24) is 16.0 Å². The van der Waals surface area contributed by atoms with Crippen molar-refractivity contribution in [1.29, 1.82) is 0 Å². The van der Waals surface area contributed by atoms with Gasteiger partial charge in [-0.05, 0) is 26.3 Å². The number of rotatable bonds is 5. The Morgan fingerprint density at radius 2 is 1.68 bits per heavy atom. The zero-order chi connectivity index (χ0) is 14.3. The minimum atomic E-state index is -0.567. The number of nitrogens with one attached hydrogen (secondary N) is 3. The summed E-state index contributed by atoms with van der Waals surface area (Å²) in [5, 5.41) is 8.03. The Morgan fingerprint density at radius 3 is 2.26 bits per heavy atom. The number of benzene rings is 1. The van der Waals surface area contributed by atoms with E-state index in [2.05, 4.69) is 16.0 Å². The first-order chi connectivity index (χ1) is 8.99. The third-order valence-corrected chi connectivity index (χ3v) is 2.47. The van der Waals surface area contributed by atoms with E-state index in [0.717, 1.165) is 5.56 Å². The maximum atomic E-state index is 11.8. The standard InChI is InChI=1S/C14H21N3O2/c1-10(2)16-14(19)17-11(3)13(18)15-9-12-7-5-4-6-8-12/h4-8,10-11H,9H2,1-3H3,(H,15,18)(H2,16,17,19). The first-order valence-corrected chi connectivity index (χ1v) is 6.37. The molecule has 0 bridgehead atoms. The molecule has 0 heterocycles. The zero-order valence-electron chi connectivity index (χ0n) is 11.6. The molecule has 1 aromatic carbocycles. The number of carbonyl (C=O) groups is 2. The van der Waals surface area contributed by atoms with Crippen LogP contribution in [0, 0.1) is 0 Å². The molecule has 5 heteroatoms. The zero-order valence-corrected chi connectivity index (χ0v) is 11.6. The first-order valence-electron chi connectivity index (χ1n) is 6.37. The fourth-order valence-corrected chi connectivity index (χ4v) is 1.50. The topological polar surface area (TPSA) is 70.2 Å². The molecule has 1 aromatic rings. The normalized spacial score (nSPS) is 11.8. The largest absolute Gasteiger partial charge is 0.350 e. The van der Waals surface area contributed by atoms with Gasteiger partial charge in [0.25, 0.3) is 0 Å². The van der Waals surface area contributed by atoms with Crippen molar-refractivity contribution in [2.75, 3.05) is 0 Å². The second kappa shape index (κ2) is 7.41. The van der Waals surface area contributed by atoms with Gasteiger partial charge in [0.2, 0.25) is 5.91 Å². The van der Waals surface area contributed by atoms with Crippen LogP contribution in [0.2, 0.25) is 0 Å². The van der Waals surface area contributed by atoms with Crippen molar-refractivity contribution in [3.05, 3.63) is 35.9 Å². The molecule has 1 unspecified atom stereocenters. The van der Waals surface area contributed by atoms with Gasteiger partial charge in [-0.3, -0.25) is 4.79 Å². The fraction of sp³-hybridized carbons (Fsp3) is 0.429. The van der Waals surface area contributed by atoms with E-state index in [-0.39, 0.29) is 18.0 Å². The lowest BCUT2D eigenvalue weighted by Crippen LogP contribution is -2.49. The summed E-state index contributed by atoms with van der Waals surface area (Å²) < 4.78 is 0. The number of hydrogen-bond donors (Lipinski definition) is 3. The molecule has 0 aliphatic rings. The molecule has 3 N–H and O–H groups in total. The van der Waals surface area contributed by atoms with E-state index in [4.69, 9.17) is 0 Å². The van der Waals surface area contributed by atoms with Crippen LogP contribution < -0.4 is 16.0 Å². The summed E-state index contributed by atoms with van der Waals surface area (Å²) in [7, 11) is 0. The van der Waals surface area contributed by atoms with E-state index in [1.165, 1.54) is 0 Å². The molecule has 0 fully saturated rings. The third-order valence-electron chi connectivity index (χ3n) is 2.47. The second-order valence-electron chi connectivity index (χ2n) is 4.70. The van der Waals surface area contributed by atoms with Gasteiger partial charge in [-0.1, -0.05) is 30.3 Å². The van der Waals surface area contributed by atoms with E-state index < -0.39 is 6.04 Å². The van der Waals surface area contributed by atoms with Crippen LogP contribution in [0.25, 0.3) is 0 Å². The quantitative estimate of drug-likeness (QED) is 0.751. The minimum absolute atomic E-state index is 0.0413. The predicted molar refractivity (Wildman–Crippen MR) is 74.6 cm³/mol. The molecule has 0 aliphatic heterocycles. The Hall–Kier alpha value is -2.04. The highest BCUT2D eigenvalue weighted by atomic mass is 16.2. The summed E-state index contributed by atoms with van der Waals surface area (Å²) in [5.74, 6) is -0.206. The van der Waals surface area contributed by atoms with Crippen LogP contribution in [0.15, 0.2) is 30.3 Å². The molecule has 0 aliphatic carbocycles. The summed E-state index contributed by atoms with van der Waals surface area (Å²) in [6, 6.07) is 8.76. The van der Waals surface area contributed by atoms with Crippen molar-refractivity contribution in [2.24, 2.45) is 0 Å². The molecule has 0 saturated heterocycles. The van der Waals surface area contributed by atoms with Crippen molar-refractivity contribution in [3.8, 4) is 0 Å². The van der Waals surface area contributed by atoms with Gasteiger partial charge in [0, 0.05) is 12.6 Å². The van der Waals surface area contributed by atoms with E-state index in [1.54, 1.807) is 6.92 Å². The van der Waals surface area contributed by atoms with Crippen LogP contribution in [-0.2, 0) is 11.3 Å². The van der Waals surface area contributed by atoms with Gasteiger partial charge in [-0.25, -0.2) is 4.79 Å². The monoisotopic (exact) mass is 263 g/mol. The highest BCUT2D eigenvalue weighted by Gasteiger charge is 2.15. The molecule has 3 amide bonds. The van der Waals surface area contributed by atoms with Crippen LogP contribution in [0.1, 0.15) is 26.3 Å². The van der Waals surface area contributed by atoms with Crippen molar-refractivity contribution in [2.45, 2.75) is 39.4 Å². The Bertz CT molecular complexity index is 418. The molecule has 0 radical (unpaired) electrons. The van der Waals surface area contributed by atoms with Gasteiger partial charge >= 0.3 is 6.03 Å². The Morgan fingerprint density at radius 1 is 1.05 bits per heavy atom. The Kier molecular flexibility index (Phi) is 5.85. The second-order valence-corrected chi connectivity index (χ2v) is 4.70. The van der Waals surface area contributed by atoms with Crippen LogP contribution in [0.4, 0.5) is 4.79 Å². The average Bonchev–Trinajstić information content (AvgIpc) is 2.36. The number of carbonyl (C=O) groups excluding carboxylic acids is 2. The third kappa shape index (κ3) is 5.90. The Labute approximate surface area is 113 Å². The van der Waals surface area contributed by atoms with Gasteiger partial charge in [-0.2, -0.15) is 0 Å². The summed E-state index contributed by atoms with van der Waals surface area (Å²) in [4.78, 5) is 23.2. The summed E-state index contributed by atoms with van der Waals surface area (Å²) >= 11 is 0. The maximum Gasteiger partial charge on any atom is 0.315 e. The van der Waals surface area contributed by atoms with Crippen molar-refractivity contribution in [3.63, 3.8) is 0 Å². The lowest BCUT2D eigenvalue weighted by molar-refractivity contribution is -0.122. The van der Waals surface area contributed by atoms with Crippen LogP contribution >= 0.6 is 0 Å². The van der Waals surface area contributed by atoms with E-state index in [0.29, 0.717) is 6.54 Å². The number of amides is 3. The van der Waals surface area contributed by atoms with Gasteiger partial charge in [-0.15, -0.1) is 0 Å². The van der Waals surface area contributed by atoms with E-state index in [9.17, 15) is 9.59 Å². The molecule has 1 rings (SSSR count). The summed E-state index contributed by atoms with van der Waals surface area (Å²) in [6.45, 7) is 5.83. The molecule has 0 saturated carbocycles. The summed E-state index contributed by atoms with van der Waals surface area (Å²) in [6.07, 6.45) is 0.